The average molecular weight is 561 g/mol. The molecule has 39 heavy (non-hydrogen) atoms. The third kappa shape index (κ3) is 5.46. The first kappa shape index (κ1) is 28.4. The van der Waals surface area contributed by atoms with Gasteiger partial charge in [0, 0.05) is 0 Å². The second-order valence-electron chi connectivity index (χ2n) is 9.25. The summed E-state index contributed by atoms with van der Waals surface area (Å²) in [7, 11) is -4.34. The molecule has 4 rings (SSSR count). The Balaban J connectivity index is 1.61. The number of ether oxygens (including phenoxy) is 2. The quantitative estimate of drug-likeness (QED) is 0.204. The van der Waals surface area contributed by atoms with Gasteiger partial charge in [-0.15, -0.1) is 0 Å². The van der Waals surface area contributed by atoms with Gasteiger partial charge in [-0.25, -0.2) is 14.1 Å². The molecule has 15 heteroatoms. The molecule has 1 fully saturated rings. The van der Waals surface area contributed by atoms with Crippen molar-refractivity contribution in [2.24, 2.45) is 0 Å². The Morgan fingerprint density at radius 1 is 1.31 bits per heavy atom. The molecule has 0 spiro atoms. The molecule has 0 aliphatic carbocycles. The van der Waals surface area contributed by atoms with Gasteiger partial charge in [-0.3, -0.25) is 9.32 Å². The normalized spacial score (nSPS) is 24.7. The van der Waals surface area contributed by atoms with Crippen LogP contribution >= 0.6 is 7.75 Å². The van der Waals surface area contributed by atoms with Crippen molar-refractivity contribution in [1.29, 1.82) is 5.26 Å². The maximum Gasteiger partial charge on any atom is 0.459 e. The number of carbonyl (C=O) groups is 1. The van der Waals surface area contributed by atoms with Crippen molar-refractivity contribution < 1.29 is 38.1 Å². The molecular formula is C24H29N6O8P. The molecule has 3 aromatic rings. The Morgan fingerprint density at radius 2 is 2.03 bits per heavy atom. The van der Waals surface area contributed by atoms with Gasteiger partial charge in [-0.05, 0) is 45.0 Å². The molecule has 1 saturated heterocycles. The molecular weight excluding hydrogens is 531 g/mol. The fourth-order valence-electron chi connectivity index (χ4n) is 4.12. The van der Waals surface area contributed by atoms with Gasteiger partial charge in [0.1, 0.15) is 47.5 Å². The lowest BCUT2D eigenvalue weighted by molar-refractivity contribution is -0.149. The van der Waals surface area contributed by atoms with E-state index in [0.29, 0.717) is 5.52 Å². The van der Waals surface area contributed by atoms with Gasteiger partial charge in [-0.2, -0.15) is 15.4 Å². The van der Waals surface area contributed by atoms with E-state index in [1.165, 1.54) is 42.9 Å². The van der Waals surface area contributed by atoms with Gasteiger partial charge in [0.25, 0.3) is 0 Å². The summed E-state index contributed by atoms with van der Waals surface area (Å²) in [4.78, 5) is 16.4. The maximum atomic E-state index is 13.9. The van der Waals surface area contributed by atoms with Gasteiger partial charge in [0.15, 0.2) is 5.82 Å². The van der Waals surface area contributed by atoms with Crippen LogP contribution in [0.5, 0.6) is 5.75 Å². The van der Waals surface area contributed by atoms with Crippen LogP contribution in [0, 0.1) is 11.3 Å². The zero-order valence-corrected chi connectivity index (χ0v) is 22.3. The lowest BCUT2D eigenvalue weighted by Crippen LogP contribution is -2.47. The van der Waals surface area contributed by atoms with E-state index >= 15 is 0 Å². The van der Waals surface area contributed by atoms with Crippen molar-refractivity contribution in [2.75, 3.05) is 18.9 Å². The first-order valence-corrected chi connectivity index (χ1v) is 13.5. The van der Waals surface area contributed by atoms with Gasteiger partial charge in [0.05, 0.1) is 18.9 Å². The topological polar surface area (TPSA) is 204 Å². The standard InChI is InChI=1S/C24H29N6O8P/c1-4-35-22(33)23(2,3)29-39(34,38-15-8-6-5-7-9-15)36-12-17-19(31)20(32)24(13-25,37-17)18-11-10-16-21(26)27-14-28-30(16)18/h5-11,14,17,19-20,31-32H,4,12H2,1-3H3,(H,29,34)(H2,26,27,28)/t17-,19-,20-,24+,39?/m1/s1. The van der Waals surface area contributed by atoms with E-state index in [9.17, 15) is 24.8 Å². The molecule has 0 bridgehead atoms. The highest BCUT2D eigenvalue weighted by molar-refractivity contribution is 7.52. The number of nitrogens with zero attached hydrogens (tertiary/aromatic N) is 4. The van der Waals surface area contributed by atoms with Crippen LogP contribution in [0.1, 0.15) is 26.5 Å². The second kappa shape index (κ2) is 10.9. The molecule has 3 heterocycles. The summed E-state index contributed by atoms with van der Waals surface area (Å²) in [5, 5.41) is 38.5. The highest BCUT2D eigenvalue weighted by Gasteiger charge is 2.58. The van der Waals surface area contributed by atoms with E-state index in [-0.39, 0.29) is 23.9 Å². The van der Waals surface area contributed by atoms with Crippen molar-refractivity contribution in [3.05, 3.63) is 54.5 Å². The van der Waals surface area contributed by atoms with E-state index in [1.807, 2.05) is 6.07 Å². The smallest absolute Gasteiger partial charge is 0.459 e. The number of nitrogen functional groups attached to an aromatic ring is 1. The zero-order valence-electron chi connectivity index (χ0n) is 21.4. The number of carbonyl (C=O) groups excluding carboxylic acids is 1. The number of nitrogens with one attached hydrogen (secondary N) is 1. The van der Waals surface area contributed by atoms with Crippen LogP contribution in [0.2, 0.25) is 0 Å². The van der Waals surface area contributed by atoms with Crippen molar-refractivity contribution in [3.63, 3.8) is 0 Å². The highest BCUT2D eigenvalue weighted by Crippen LogP contribution is 2.48. The van der Waals surface area contributed by atoms with Crippen LogP contribution in [-0.2, 0) is 29.0 Å². The summed E-state index contributed by atoms with van der Waals surface area (Å²) >= 11 is 0. The predicted molar refractivity (Wildman–Crippen MR) is 136 cm³/mol. The van der Waals surface area contributed by atoms with Gasteiger partial charge in [-0.1, -0.05) is 18.2 Å². The number of fused-ring (bicyclic) bond motifs is 1. The molecule has 5 N–H and O–H groups in total. The summed E-state index contributed by atoms with van der Waals surface area (Å²) in [6.07, 6.45) is -3.56. The van der Waals surface area contributed by atoms with Crippen molar-refractivity contribution in [3.8, 4) is 11.8 Å². The Kier molecular flexibility index (Phi) is 7.94. The molecule has 0 radical (unpaired) electrons. The summed E-state index contributed by atoms with van der Waals surface area (Å²) in [5.41, 5.74) is 2.74. The minimum absolute atomic E-state index is 0.0911. The molecule has 1 unspecified atom stereocenters. The Hall–Kier alpha value is -3.57. The Morgan fingerprint density at radius 3 is 2.69 bits per heavy atom. The minimum Gasteiger partial charge on any atom is -0.465 e. The number of nitrogens with two attached hydrogens (primary N) is 1. The van der Waals surface area contributed by atoms with E-state index in [0.717, 1.165) is 0 Å². The van der Waals surface area contributed by atoms with Gasteiger partial charge in [0.2, 0.25) is 5.60 Å². The molecule has 1 aromatic carbocycles. The first-order chi connectivity index (χ1) is 18.5. The van der Waals surface area contributed by atoms with E-state index in [4.69, 9.17) is 24.3 Å². The lowest BCUT2D eigenvalue weighted by atomic mass is 9.92. The fraction of sp³-hybridized carbons (Fsp3) is 0.417. The number of nitriles is 1. The molecule has 14 nitrogen and oxygen atoms in total. The fourth-order valence-corrected chi connectivity index (χ4v) is 5.80. The van der Waals surface area contributed by atoms with Crippen LogP contribution in [0.15, 0.2) is 48.8 Å². The molecule has 2 aromatic heterocycles. The number of benzene rings is 1. The monoisotopic (exact) mass is 560 g/mol. The number of aliphatic hydroxyl groups is 2. The number of anilines is 1. The molecule has 208 valence electrons. The van der Waals surface area contributed by atoms with Crippen LogP contribution in [0.3, 0.4) is 0 Å². The zero-order chi connectivity index (χ0) is 28.4. The summed E-state index contributed by atoms with van der Waals surface area (Å²) in [5.74, 6) is -0.404. The number of hydrogen-bond donors (Lipinski definition) is 4. The number of aliphatic hydroxyl groups excluding tert-OH is 2. The SMILES string of the molecule is CCOC(=O)C(C)(C)NP(=O)(OC[C@H]1O[C@@](C#N)(c2ccc3c(N)ncnn23)[C@H](O)[C@@H]1O)Oc1ccccc1. The minimum atomic E-state index is -4.34. The number of para-hydroxylation sites is 1. The summed E-state index contributed by atoms with van der Waals surface area (Å²) in [6, 6.07) is 13.0. The second-order valence-corrected chi connectivity index (χ2v) is 10.9. The third-order valence-electron chi connectivity index (χ3n) is 6.07. The molecule has 1 aliphatic rings. The van der Waals surface area contributed by atoms with Crippen LogP contribution < -0.4 is 15.3 Å². The molecule has 0 amide bonds. The molecule has 1 aliphatic heterocycles. The summed E-state index contributed by atoms with van der Waals surface area (Å²) in [6.45, 7) is 4.00. The number of rotatable bonds is 10. The number of aromatic nitrogens is 3. The maximum absolute atomic E-state index is 13.9. The Bertz CT molecular complexity index is 1430. The Labute approximate surface area is 223 Å². The van der Waals surface area contributed by atoms with Crippen LogP contribution in [0.25, 0.3) is 5.52 Å². The third-order valence-corrected chi connectivity index (χ3v) is 7.84. The van der Waals surface area contributed by atoms with Crippen LogP contribution in [-0.4, -0.2) is 67.8 Å². The van der Waals surface area contributed by atoms with Crippen LogP contribution in [0.4, 0.5) is 5.82 Å². The molecule has 5 atom stereocenters. The predicted octanol–water partition coefficient (Wildman–Crippen LogP) is 1.29. The van der Waals surface area contributed by atoms with Crippen molar-refractivity contribution in [2.45, 2.75) is 50.2 Å². The van der Waals surface area contributed by atoms with E-state index in [2.05, 4.69) is 15.2 Å². The van der Waals surface area contributed by atoms with Gasteiger partial charge >= 0.3 is 13.7 Å². The summed E-state index contributed by atoms with van der Waals surface area (Å²) < 4.78 is 37.3. The van der Waals surface area contributed by atoms with Crippen molar-refractivity contribution >= 4 is 25.1 Å². The average Bonchev–Trinajstić information content (AvgIpc) is 3.44. The van der Waals surface area contributed by atoms with E-state index in [1.54, 1.807) is 31.2 Å². The van der Waals surface area contributed by atoms with Crippen molar-refractivity contribution in [1.82, 2.24) is 19.7 Å². The lowest BCUT2D eigenvalue weighted by Gasteiger charge is -2.29. The van der Waals surface area contributed by atoms with Gasteiger partial charge < -0.3 is 29.9 Å². The largest absolute Gasteiger partial charge is 0.465 e. The highest BCUT2D eigenvalue weighted by atomic mass is 31.2. The number of hydrogen-bond acceptors (Lipinski definition) is 12. The number of esters is 1. The first-order valence-electron chi connectivity index (χ1n) is 12.0. The molecule has 0 saturated carbocycles. The van der Waals surface area contributed by atoms with E-state index < -0.39 is 49.8 Å².